The molecule has 2 N–H and O–H groups in total. The lowest BCUT2D eigenvalue weighted by Gasteiger charge is -2.38. The van der Waals surface area contributed by atoms with Crippen molar-refractivity contribution >= 4 is 26.6 Å². The van der Waals surface area contributed by atoms with Crippen LogP contribution in [0.15, 0.2) is 53.4 Å². The molecular weight excluding hydrogens is 504 g/mol. The van der Waals surface area contributed by atoms with E-state index in [1.807, 2.05) is 26.8 Å². The third kappa shape index (κ3) is 6.87. The molecular formula is C32H46N4O2S. The van der Waals surface area contributed by atoms with Crippen LogP contribution in [0.4, 0.5) is 5.69 Å². The normalized spacial score (nSPS) is 18.9. The zero-order valence-electron chi connectivity index (χ0n) is 24.3. The minimum absolute atomic E-state index is 0.289. The molecule has 5 rings (SSSR count). The number of anilines is 1. The first-order chi connectivity index (χ1) is 18.5. The average Bonchev–Trinajstić information content (AvgIpc) is 3.32. The summed E-state index contributed by atoms with van der Waals surface area (Å²) in [4.78, 5) is 8.95. The lowest BCUT2D eigenvalue weighted by Crippen LogP contribution is -2.40. The van der Waals surface area contributed by atoms with Gasteiger partial charge in [0.15, 0.2) is 0 Å². The van der Waals surface area contributed by atoms with Crippen LogP contribution in [0.3, 0.4) is 0 Å². The summed E-state index contributed by atoms with van der Waals surface area (Å²) in [5.41, 5.74) is 3.81. The first-order valence-electron chi connectivity index (χ1n) is 14.7. The highest BCUT2D eigenvalue weighted by Gasteiger charge is 2.27. The standard InChI is InChI=1S/C32H46N4O2S/c1-23(2)35-15-11-24(12-16-35)19-25-13-17-36(18-14-25)28-8-6-7-26(20-28)31-22-27-21-29(9-10-30(27)33-31)39(37,38)34-32(3,4)5/h6-10,20-25,33-34H,11-19H2,1-5H3. The Hall–Kier alpha value is -2.35. The van der Waals surface area contributed by atoms with E-state index >= 15 is 0 Å². The number of benzene rings is 2. The van der Waals surface area contributed by atoms with E-state index in [9.17, 15) is 8.42 Å². The van der Waals surface area contributed by atoms with E-state index in [4.69, 9.17) is 0 Å². The summed E-state index contributed by atoms with van der Waals surface area (Å²) in [6.07, 6.45) is 6.69. The number of nitrogens with zero attached hydrogens (tertiary/aromatic N) is 2. The number of sulfonamides is 1. The Balaban J connectivity index is 1.23. The SMILES string of the molecule is CC(C)N1CCC(CC2CCN(c3cccc(-c4cc5cc(S(=O)(=O)NC(C)(C)C)ccc5[nH]4)c3)CC2)CC1. The Labute approximate surface area is 235 Å². The molecule has 0 unspecified atom stereocenters. The lowest BCUT2D eigenvalue weighted by molar-refractivity contribution is 0.133. The molecule has 39 heavy (non-hydrogen) atoms. The molecule has 0 bridgehead atoms. The summed E-state index contributed by atoms with van der Waals surface area (Å²) in [6.45, 7) is 15.0. The third-order valence-corrected chi connectivity index (χ3v) is 10.3. The predicted molar refractivity (Wildman–Crippen MR) is 163 cm³/mol. The molecule has 6 nitrogen and oxygen atoms in total. The fraction of sp³-hybridized carbons (Fsp3) is 0.562. The van der Waals surface area contributed by atoms with Gasteiger partial charge in [0.05, 0.1) is 4.90 Å². The fourth-order valence-corrected chi connectivity index (χ4v) is 7.82. The molecule has 0 spiro atoms. The smallest absolute Gasteiger partial charge is 0.241 e. The van der Waals surface area contributed by atoms with Crippen LogP contribution in [0.2, 0.25) is 0 Å². The minimum atomic E-state index is -3.58. The van der Waals surface area contributed by atoms with Gasteiger partial charge in [0.25, 0.3) is 0 Å². The molecule has 2 fully saturated rings. The minimum Gasteiger partial charge on any atom is -0.371 e. The monoisotopic (exact) mass is 550 g/mol. The molecule has 212 valence electrons. The average molecular weight is 551 g/mol. The van der Waals surface area contributed by atoms with Gasteiger partial charge < -0.3 is 14.8 Å². The van der Waals surface area contributed by atoms with Gasteiger partial charge >= 0.3 is 0 Å². The van der Waals surface area contributed by atoms with Crippen LogP contribution in [-0.4, -0.2) is 56.1 Å². The van der Waals surface area contributed by atoms with Crippen LogP contribution in [0.5, 0.6) is 0 Å². The number of hydrogen-bond donors (Lipinski definition) is 2. The quantitative estimate of drug-likeness (QED) is 0.346. The van der Waals surface area contributed by atoms with E-state index in [0.717, 1.165) is 47.1 Å². The molecule has 0 amide bonds. The second-order valence-electron chi connectivity index (χ2n) is 13.1. The topological polar surface area (TPSA) is 68.4 Å². The van der Waals surface area contributed by atoms with Gasteiger partial charge in [0.1, 0.15) is 0 Å². The summed E-state index contributed by atoms with van der Waals surface area (Å²) in [6, 6.07) is 16.8. The number of H-pyrrole nitrogens is 1. The Morgan fingerprint density at radius 1 is 0.923 bits per heavy atom. The van der Waals surface area contributed by atoms with Crippen molar-refractivity contribution < 1.29 is 8.42 Å². The molecule has 0 radical (unpaired) electrons. The van der Waals surface area contributed by atoms with Crippen molar-refractivity contribution in [2.75, 3.05) is 31.1 Å². The van der Waals surface area contributed by atoms with Gasteiger partial charge in [0, 0.05) is 47.0 Å². The molecule has 2 aliphatic rings. The largest absolute Gasteiger partial charge is 0.371 e. The summed E-state index contributed by atoms with van der Waals surface area (Å²) >= 11 is 0. The summed E-state index contributed by atoms with van der Waals surface area (Å²) in [5.74, 6) is 1.76. The van der Waals surface area contributed by atoms with Gasteiger partial charge in [-0.3, -0.25) is 0 Å². The van der Waals surface area contributed by atoms with Crippen LogP contribution in [-0.2, 0) is 10.0 Å². The molecule has 2 aromatic carbocycles. The molecule has 7 heteroatoms. The molecule has 3 heterocycles. The van der Waals surface area contributed by atoms with Gasteiger partial charge in [-0.25, -0.2) is 13.1 Å². The maximum absolute atomic E-state index is 12.8. The number of piperidine rings is 2. The van der Waals surface area contributed by atoms with Gasteiger partial charge in [-0.1, -0.05) is 12.1 Å². The van der Waals surface area contributed by atoms with Crippen molar-refractivity contribution in [1.82, 2.24) is 14.6 Å². The zero-order chi connectivity index (χ0) is 27.8. The van der Waals surface area contributed by atoms with Crippen molar-refractivity contribution in [3.63, 3.8) is 0 Å². The molecule has 0 atom stereocenters. The summed E-state index contributed by atoms with van der Waals surface area (Å²) in [5, 5.41) is 0.896. The Morgan fingerprint density at radius 2 is 1.59 bits per heavy atom. The summed E-state index contributed by atoms with van der Waals surface area (Å²) in [7, 11) is -3.58. The van der Waals surface area contributed by atoms with Crippen LogP contribution in [0, 0.1) is 11.8 Å². The highest BCUT2D eigenvalue weighted by Crippen LogP contribution is 2.34. The van der Waals surface area contributed by atoms with Crippen LogP contribution >= 0.6 is 0 Å². The molecule has 0 saturated carbocycles. The van der Waals surface area contributed by atoms with Crippen molar-refractivity contribution in [1.29, 1.82) is 0 Å². The second-order valence-corrected chi connectivity index (χ2v) is 14.8. The van der Waals surface area contributed by atoms with Crippen molar-refractivity contribution in [3.05, 3.63) is 48.5 Å². The number of rotatable bonds is 7. The Morgan fingerprint density at radius 3 is 2.23 bits per heavy atom. The van der Waals surface area contributed by atoms with Crippen molar-refractivity contribution in [2.45, 2.75) is 83.2 Å². The lowest BCUT2D eigenvalue weighted by atomic mass is 9.82. The number of nitrogens with one attached hydrogen (secondary N) is 2. The highest BCUT2D eigenvalue weighted by atomic mass is 32.2. The van der Waals surface area contributed by atoms with E-state index in [1.54, 1.807) is 12.1 Å². The number of hydrogen-bond acceptors (Lipinski definition) is 4. The first-order valence-corrected chi connectivity index (χ1v) is 16.2. The van der Waals surface area contributed by atoms with Crippen LogP contribution < -0.4 is 9.62 Å². The molecule has 3 aromatic rings. The Kier molecular flexibility index (Phi) is 8.14. The van der Waals surface area contributed by atoms with Gasteiger partial charge in [-0.05, 0) is 134 Å². The third-order valence-electron chi connectivity index (χ3n) is 8.53. The van der Waals surface area contributed by atoms with Crippen LogP contribution in [0.25, 0.3) is 22.2 Å². The van der Waals surface area contributed by atoms with E-state index in [2.05, 4.69) is 63.7 Å². The van der Waals surface area contributed by atoms with E-state index in [1.165, 1.54) is 50.9 Å². The van der Waals surface area contributed by atoms with Crippen molar-refractivity contribution in [2.24, 2.45) is 11.8 Å². The highest BCUT2D eigenvalue weighted by molar-refractivity contribution is 7.89. The number of aromatic nitrogens is 1. The van der Waals surface area contributed by atoms with E-state index < -0.39 is 15.6 Å². The van der Waals surface area contributed by atoms with E-state index in [-0.39, 0.29) is 4.90 Å². The fourth-order valence-electron chi connectivity index (χ4n) is 6.37. The zero-order valence-corrected chi connectivity index (χ0v) is 25.2. The maximum atomic E-state index is 12.8. The first kappa shape index (κ1) is 28.2. The predicted octanol–water partition coefficient (Wildman–Crippen LogP) is 6.64. The van der Waals surface area contributed by atoms with Gasteiger partial charge in [-0.15, -0.1) is 0 Å². The van der Waals surface area contributed by atoms with Gasteiger partial charge in [0.2, 0.25) is 10.0 Å². The number of fused-ring (bicyclic) bond motifs is 1. The molecule has 0 aliphatic carbocycles. The van der Waals surface area contributed by atoms with Gasteiger partial charge in [-0.2, -0.15) is 0 Å². The molecule has 2 saturated heterocycles. The number of aromatic amines is 1. The summed E-state index contributed by atoms with van der Waals surface area (Å²) < 4.78 is 28.4. The molecule has 2 aliphatic heterocycles. The van der Waals surface area contributed by atoms with Crippen LogP contribution in [0.1, 0.15) is 66.7 Å². The Bertz CT molecular complexity index is 1370. The second kappa shape index (κ2) is 11.3. The number of likely N-dealkylation sites (tertiary alicyclic amines) is 1. The molecule has 1 aromatic heterocycles. The van der Waals surface area contributed by atoms with E-state index in [0.29, 0.717) is 6.04 Å². The maximum Gasteiger partial charge on any atom is 0.241 e. The van der Waals surface area contributed by atoms with Crippen molar-refractivity contribution in [3.8, 4) is 11.3 Å².